The Labute approximate surface area is 130 Å². The fraction of sp³-hybridized carbons (Fsp3) is 0.250. The van der Waals surface area contributed by atoms with E-state index in [2.05, 4.69) is 21.1 Å². The average molecular weight is 348 g/mol. The number of carbonyl (C=O) groups is 1. The fourth-order valence-electron chi connectivity index (χ4n) is 2.56. The van der Waals surface area contributed by atoms with Crippen molar-refractivity contribution in [1.82, 2.24) is 0 Å². The minimum Gasteiger partial charge on any atom is -0.468 e. The SMILES string of the molecule is COC(=O)C1C(C)=NOC1c1ccc2cc(Br)ccc2c1. The number of nitrogens with zero attached hydrogens (tertiary/aromatic N) is 1. The van der Waals surface area contributed by atoms with Gasteiger partial charge in [0.15, 0.2) is 6.10 Å². The first-order chi connectivity index (χ1) is 10.1. The second-order valence-electron chi connectivity index (χ2n) is 5.01. The van der Waals surface area contributed by atoms with Crippen molar-refractivity contribution in [2.24, 2.45) is 11.1 Å². The molecule has 2 atom stereocenters. The molecule has 2 aromatic rings. The molecule has 2 unspecified atom stereocenters. The summed E-state index contributed by atoms with van der Waals surface area (Å²) >= 11 is 3.46. The molecule has 1 aliphatic heterocycles. The number of benzene rings is 2. The smallest absolute Gasteiger partial charge is 0.318 e. The van der Waals surface area contributed by atoms with Crippen molar-refractivity contribution >= 4 is 38.4 Å². The van der Waals surface area contributed by atoms with Gasteiger partial charge in [-0.1, -0.05) is 39.3 Å². The first-order valence-electron chi connectivity index (χ1n) is 6.57. The van der Waals surface area contributed by atoms with E-state index in [0.29, 0.717) is 5.71 Å². The van der Waals surface area contributed by atoms with Crippen molar-refractivity contribution in [2.45, 2.75) is 13.0 Å². The van der Waals surface area contributed by atoms with E-state index in [9.17, 15) is 4.79 Å². The third-order valence-electron chi connectivity index (χ3n) is 3.67. The zero-order chi connectivity index (χ0) is 15.0. The van der Waals surface area contributed by atoms with Gasteiger partial charge in [0.05, 0.1) is 12.8 Å². The molecule has 21 heavy (non-hydrogen) atoms. The molecule has 0 N–H and O–H groups in total. The van der Waals surface area contributed by atoms with Gasteiger partial charge in [0.1, 0.15) is 5.92 Å². The molecule has 0 aromatic heterocycles. The summed E-state index contributed by atoms with van der Waals surface area (Å²) in [5.74, 6) is -0.808. The Morgan fingerprint density at radius 2 is 1.95 bits per heavy atom. The Hall–Kier alpha value is -1.88. The summed E-state index contributed by atoms with van der Waals surface area (Å²) in [6.07, 6.45) is -0.425. The number of hydrogen-bond donors (Lipinski definition) is 0. The minimum atomic E-state index is -0.483. The van der Waals surface area contributed by atoms with Crippen LogP contribution in [-0.2, 0) is 14.4 Å². The fourth-order valence-corrected chi connectivity index (χ4v) is 2.94. The quantitative estimate of drug-likeness (QED) is 0.775. The molecule has 0 amide bonds. The molecule has 1 heterocycles. The van der Waals surface area contributed by atoms with Crippen molar-refractivity contribution in [1.29, 1.82) is 0 Å². The molecule has 5 heteroatoms. The van der Waals surface area contributed by atoms with Crippen LogP contribution >= 0.6 is 15.9 Å². The maximum absolute atomic E-state index is 11.9. The molecule has 0 saturated carbocycles. The topological polar surface area (TPSA) is 47.9 Å². The van der Waals surface area contributed by atoms with Crippen molar-refractivity contribution < 1.29 is 14.4 Å². The van der Waals surface area contributed by atoms with Crippen LogP contribution in [0.2, 0.25) is 0 Å². The largest absolute Gasteiger partial charge is 0.468 e. The van der Waals surface area contributed by atoms with Gasteiger partial charge >= 0.3 is 5.97 Å². The predicted molar refractivity (Wildman–Crippen MR) is 84.1 cm³/mol. The van der Waals surface area contributed by atoms with Crippen molar-refractivity contribution in [3.05, 3.63) is 46.4 Å². The summed E-state index contributed by atoms with van der Waals surface area (Å²) < 4.78 is 5.89. The highest BCUT2D eigenvalue weighted by Gasteiger charge is 2.39. The van der Waals surface area contributed by atoms with Crippen LogP contribution in [0.15, 0.2) is 46.0 Å². The number of fused-ring (bicyclic) bond motifs is 1. The Morgan fingerprint density at radius 3 is 2.71 bits per heavy atom. The number of esters is 1. The number of rotatable bonds is 2. The highest BCUT2D eigenvalue weighted by Crippen LogP contribution is 2.35. The monoisotopic (exact) mass is 347 g/mol. The number of carbonyl (C=O) groups excluding carboxylic acids is 1. The Morgan fingerprint density at radius 1 is 1.24 bits per heavy atom. The van der Waals surface area contributed by atoms with Crippen LogP contribution in [-0.4, -0.2) is 18.8 Å². The van der Waals surface area contributed by atoms with Crippen LogP contribution in [0.5, 0.6) is 0 Å². The summed E-state index contributed by atoms with van der Waals surface area (Å²) in [7, 11) is 1.38. The second-order valence-corrected chi connectivity index (χ2v) is 5.93. The lowest BCUT2D eigenvalue weighted by Crippen LogP contribution is -2.26. The van der Waals surface area contributed by atoms with Crippen molar-refractivity contribution in [2.75, 3.05) is 7.11 Å². The maximum Gasteiger partial charge on any atom is 0.318 e. The molecular weight excluding hydrogens is 334 g/mol. The zero-order valence-corrected chi connectivity index (χ0v) is 13.3. The highest BCUT2D eigenvalue weighted by molar-refractivity contribution is 9.10. The second kappa shape index (κ2) is 5.48. The third kappa shape index (κ3) is 2.53. The summed E-state index contributed by atoms with van der Waals surface area (Å²) in [4.78, 5) is 17.4. The standard InChI is InChI=1S/C16H14BrNO3/c1-9-14(16(19)20-2)15(21-18-9)12-4-3-11-8-13(17)6-5-10(11)7-12/h3-8,14-15H,1-2H3. The van der Waals surface area contributed by atoms with E-state index in [-0.39, 0.29) is 5.97 Å². The van der Waals surface area contributed by atoms with E-state index in [1.54, 1.807) is 6.92 Å². The summed E-state index contributed by atoms with van der Waals surface area (Å²) in [6, 6.07) is 12.1. The molecule has 1 aliphatic rings. The van der Waals surface area contributed by atoms with Gasteiger partial charge in [-0.15, -0.1) is 0 Å². The number of oxime groups is 1. The number of ether oxygens (including phenoxy) is 1. The van der Waals surface area contributed by atoms with E-state index in [1.165, 1.54) is 7.11 Å². The van der Waals surface area contributed by atoms with Gasteiger partial charge in [0.2, 0.25) is 0 Å². The molecule has 3 rings (SSSR count). The van der Waals surface area contributed by atoms with Gasteiger partial charge in [-0.25, -0.2) is 0 Å². The predicted octanol–water partition coefficient (Wildman–Crippen LogP) is 3.84. The van der Waals surface area contributed by atoms with Gasteiger partial charge < -0.3 is 9.57 Å². The lowest BCUT2D eigenvalue weighted by Gasteiger charge is -2.16. The first-order valence-corrected chi connectivity index (χ1v) is 7.37. The molecular formula is C16H14BrNO3. The van der Waals surface area contributed by atoms with Crippen molar-refractivity contribution in [3.8, 4) is 0 Å². The van der Waals surface area contributed by atoms with Crippen molar-refractivity contribution in [3.63, 3.8) is 0 Å². The molecule has 108 valence electrons. The van der Waals surface area contributed by atoms with E-state index >= 15 is 0 Å². The lowest BCUT2D eigenvalue weighted by atomic mass is 9.91. The van der Waals surface area contributed by atoms with Gasteiger partial charge in [-0.3, -0.25) is 4.79 Å². The molecule has 0 aliphatic carbocycles. The molecule has 0 radical (unpaired) electrons. The van der Waals surface area contributed by atoms with Gasteiger partial charge in [0, 0.05) is 4.47 Å². The van der Waals surface area contributed by atoms with Crippen LogP contribution in [0, 0.1) is 5.92 Å². The van der Waals surface area contributed by atoms with Crippen LogP contribution < -0.4 is 0 Å². The third-order valence-corrected chi connectivity index (χ3v) is 4.17. The molecule has 4 nitrogen and oxygen atoms in total. The van der Waals surface area contributed by atoms with Gasteiger partial charge in [0.25, 0.3) is 0 Å². The summed E-state index contributed by atoms with van der Waals surface area (Å²) in [6.45, 7) is 1.78. The first kappa shape index (κ1) is 14.1. The normalized spacial score (nSPS) is 21.0. The van der Waals surface area contributed by atoms with Crippen LogP contribution in [0.25, 0.3) is 10.8 Å². The molecule has 0 saturated heterocycles. The van der Waals surface area contributed by atoms with Gasteiger partial charge in [-0.05, 0) is 41.5 Å². The molecule has 0 bridgehead atoms. The molecule has 0 spiro atoms. The Kier molecular flexibility index (Phi) is 3.68. The van der Waals surface area contributed by atoms with Gasteiger partial charge in [-0.2, -0.15) is 0 Å². The van der Waals surface area contributed by atoms with E-state index in [1.807, 2.05) is 36.4 Å². The van der Waals surface area contributed by atoms with E-state index < -0.39 is 12.0 Å². The summed E-state index contributed by atoms with van der Waals surface area (Å²) in [5.41, 5.74) is 1.56. The molecule has 0 fully saturated rings. The summed E-state index contributed by atoms with van der Waals surface area (Å²) in [5, 5.41) is 6.16. The lowest BCUT2D eigenvalue weighted by molar-refractivity contribution is -0.146. The average Bonchev–Trinajstić information content (AvgIpc) is 2.87. The van der Waals surface area contributed by atoms with E-state index in [4.69, 9.17) is 9.57 Å². The number of methoxy groups -OCH3 is 1. The van der Waals surface area contributed by atoms with Crippen LogP contribution in [0.1, 0.15) is 18.6 Å². The maximum atomic E-state index is 11.9. The van der Waals surface area contributed by atoms with Crippen LogP contribution in [0.3, 0.4) is 0 Å². The minimum absolute atomic E-state index is 0.324. The Bertz CT molecular complexity index is 741. The van der Waals surface area contributed by atoms with E-state index in [0.717, 1.165) is 20.8 Å². The highest BCUT2D eigenvalue weighted by atomic mass is 79.9. The number of halogens is 1. The zero-order valence-electron chi connectivity index (χ0n) is 11.7. The van der Waals surface area contributed by atoms with Crippen LogP contribution in [0.4, 0.5) is 0 Å². The Balaban J connectivity index is 2.00. The number of hydrogen-bond acceptors (Lipinski definition) is 4. The molecule has 2 aromatic carbocycles.